The summed E-state index contributed by atoms with van der Waals surface area (Å²) in [6.07, 6.45) is 1.74. The summed E-state index contributed by atoms with van der Waals surface area (Å²) >= 11 is 5.89. The molecule has 0 fully saturated rings. The lowest BCUT2D eigenvalue weighted by atomic mass is 10.1. The van der Waals surface area contributed by atoms with Crippen LogP contribution in [0.1, 0.15) is 0 Å². The van der Waals surface area contributed by atoms with E-state index in [1.54, 1.807) is 6.20 Å². The monoisotopic (exact) mass is 305 g/mol. The molecule has 4 rings (SSSR count). The van der Waals surface area contributed by atoms with Crippen LogP contribution >= 0.6 is 11.6 Å². The summed E-state index contributed by atoms with van der Waals surface area (Å²) in [5.74, 6) is 0.713. The molecular weight excluding hydrogens is 294 g/mol. The van der Waals surface area contributed by atoms with E-state index in [1.807, 2.05) is 36.4 Å². The van der Waals surface area contributed by atoms with Crippen molar-refractivity contribution in [2.45, 2.75) is 0 Å². The molecule has 0 spiro atoms. The zero-order chi connectivity index (χ0) is 14.9. The van der Waals surface area contributed by atoms with Gasteiger partial charge in [-0.2, -0.15) is 0 Å². The maximum atomic E-state index is 5.89. The molecule has 22 heavy (non-hydrogen) atoms. The highest BCUT2D eigenvalue weighted by molar-refractivity contribution is 6.30. The van der Waals surface area contributed by atoms with E-state index in [9.17, 15) is 0 Å². The minimum absolute atomic E-state index is 0.710. The molecule has 106 valence electrons. The molecule has 0 atom stereocenters. The molecule has 1 aromatic heterocycles. The second-order valence-corrected chi connectivity index (χ2v) is 5.51. The number of halogens is 1. The second kappa shape index (κ2) is 5.28. The average molecular weight is 306 g/mol. The maximum absolute atomic E-state index is 5.89. The molecule has 0 aliphatic rings. The fraction of sp³-hybridized carbons (Fsp3) is 0. The first kappa shape index (κ1) is 13.0. The van der Waals surface area contributed by atoms with Crippen LogP contribution in [0.3, 0.4) is 0 Å². The molecule has 0 aliphatic heterocycles. The van der Waals surface area contributed by atoms with Crippen LogP contribution in [0.15, 0.2) is 66.9 Å². The van der Waals surface area contributed by atoms with Crippen LogP contribution in [0, 0.1) is 0 Å². The number of benzene rings is 3. The molecule has 0 saturated carbocycles. The number of fused-ring (bicyclic) bond motifs is 2. The molecule has 3 aromatic carbocycles. The lowest BCUT2D eigenvalue weighted by Gasteiger charge is -2.07. The Labute approximate surface area is 132 Å². The van der Waals surface area contributed by atoms with Gasteiger partial charge in [0.25, 0.3) is 0 Å². The first-order valence-electron chi connectivity index (χ1n) is 6.96. The second-order valence-electron chi connectivity index (χ2n) is 5.08. The predicted molar refractivity (Wildman–Crippen MR) is 91.8 cm³/mol. The summed E-state index contributed by atoms with van der Waals surface area (Å²) in [6.45, 7) is 0. The topological polar surface area (TPSA) is 37.8 Å². The van der Waals surface area contributed by atoms with Crippen molar-refractivity contribution in [1.29, 1.82) is 0 Å². The summed E-state index contributed by atoms with van der Waals surface area (Å²) < 4.78 is 0. The number of nitrogens with one attached hydrogen (secondary N) is 1. The Hall–Kier alpha value is -2.65. The summed E-state index contributed by atoms with van der Waals surface area (Å²) in [5, 5.41) is 6.28. The van der Waals surface area contributed by atoms with Gasteiger partial charge in [0, 0.05) is 10.7 Å². The molecule has 0 bridgehead atoms. The van der Waals surface area contributed by atoms with Crippen molar-refractivity contribution in [2.24, 2.45) is 0 Å². The Kier molecular flexibility index (Phi) is 3.13. The summed E-state index contributed by atoms with van der Waals surface area (Å²) in [5.41, 5.74) is 2.69. The molecule has 4 aromatic rings. The Balaban J connectivity index is 1.76. The lowest BCUT2D eigenvalue weighted by Crippen LogP contribution is -1.95. The van der Waals surface area contributed by atoms with Crippen LogP contribution in [-0.2, 0) is 0 Å². The molecule has 0 radical (unpaired) electrons. The zero-order valence-electron chi connectivity index (χ0n) is 11.6. The van der Waals surface area contributed by atoms with Gasteiger partial charge in [-0.15, -0.1) is 0 Å². The minimum atomic E-state index is 0.710. The third-order valence-corrected chi connectivity index (χ3v) is 3.78. The van der Waals surface area contributed by atoms with Crippen LogP contribution in [0.5, 0.6) is 0 Å². The Morgan fingerprint density at radius 2 is 1.50 bits per heavy atom. The largest absolute Gasteiger partial charge is 0.339 e. The zero-order valence-corrected chi connectivity index (χ0v) is 12.4. The first-order valence-corrected chi connectivity index (χ1v) is 7.34. The smallest absolute Gasteiger partial charge is 0.149 e. The molecular formula is C18H12ClN3. The van der Waals surface area contributed by atoms with Crippen LogP contribution in [-0.4, -0.2) is 9.97 Å². The number of rotatable bonds is 2. The van der Waals surface area contributed by atoms with Crippen molar-refractivity contribution in [2.75, 3.05) is 5.32 Å². The van der Waals surface area contributed by atoms with Crippen molar-refractivity contribution in [1.82, 2.24) is 9.97 Å². The molecule has 1 N–H and O–H groups in total. The first-order chi connectivity index (χ1) is 10.8. The van der Waals surface area contributed by atoms with E-state index in [0.717, 1.165) is 22.1 Å². The van der Waals surface area contributed by atoms with E-state index in [1.165, 1.54) is 5.39 Å². The summed E-state index contributed by atoms with van der Waals surface area (Å²) in [7, 11) is 0. The van der Waals surface area contributed by atoms with E-state index in [2.05, 4.69) is 39.6 Å². The molecule has 3 nitrogen and oxygen atoms in total. The summed E-state index contributed by atoms with van der Waals surface area (Å²) in [6, 6.07) is 19.8. The maximum Gasteiger partial charge on any atom is 0.149 e. The molecule has 4 heteroatoms. The van der Waals surface area contributed by atoms with Gasteiger partial charge < -0.3 is 5.32 Å². The van der Waals surface area contributed by atoms with Gasteiger partial charge in [-0.05, 0) is 47.2 Å². The van der Waals surface area contributed by atoms with Gasteiger partial charge in [-0.1, -0.05) is 35.9 Å². The SMILES string of the molecule is Clc1ccc(Nc2cnc3cc4ccccc4cc3n2)cc1. The van der Waals surface area contributed by atoms with E-state index in [0.29, 0.717) is 10.8 Å². The lowest BCUT2D eigenvalue weighted by molar-refractivity contribution is 1.28. The van der Waals surface area contributed by atoms with Gasteiger partial charge in [0.1, 0.15) is 5.82 Å². The minimum Gasteiger partial charge on any atom is -0.339 e. The number of nitrogens with zero attached hydrogens (tertiary/aromatic N) is 2. The van der Waals surface area contributed by atoms with E-state index in [-0.39, 0.29) is 0 Å². The van der Waals surface area contributed by atoms with E-state index < -0.39 is 0 Å². The quantitative estimate of drug-likeness (QED) is 0.518. The van der Waals surface area contributed by atoms with Crippen molar-refractivity contribution in [3.05, 3.63) is 71.9 Å². The predicted octanol–water partition coefficient (Wildman–Crippen LogP) is 5.18. The molecule has 0 aliphatic carbocycles. The standard InChI is InChI=1S/C18H12ClN3/c19-14-5-7-15(8-6-14)21-18-11-20-16-9-12-3-1-2-4-13(12)10-17(16)22-18/h1-11H,(H,21,22). The number of hydrogen-bond donors (Lipinski definition) is 1. The van der Waals surface area contributed by atoms with Crippen molar-refractivity contribution in [3.8, 4) is 0 Å². The molecule has 0 unspecified atom stereocenters. The van der Waals surface area contributed by atoms with Gasteiger partial charge in [-0.25, -0.2) is 4.98 Å². The Morgan fingerprint density at radius 3 is 2.23 bits per heavy atom. The summed E-state index contributed by atoms with van der Waals surface area (Å²) in [4.78, 5) is 9.13. The van der Waals surface area contributed by atoms with E-state index >= 15 is 0 Å². The Morgan fingerprint density at radius 1 is 0.818 bits per heavy atom. The van der Waals surface area contributed by atoms with Crippen LogP contribution in [0.25, 0.3) is 21.8 Å². The fourth-order valence-electron chi connectivity index (χ4n) is 2.44. The normalized spacial score (nSPS) is 11.0. The van der Waals surface area contributed by atoms with Gasteiger partial charge in [-0.3, -0.25) is 4.98 Å². The van der Waals surface area contributed by atoms with Crippen LogP contribution in [0.2, 0.25) is 5.02 Å². The van der Waals surface area contributed by atoms with E-state index in [4.69, 9.17) is 11.6 Å². The molecule has 1 heterocycles. The highest BCUT2D eigenvalue weighted by Crippen LogP contribution is 2.23. The van der Waals surface area contributed by atoms with Gasteiger partial charge in [0.05, 0.1) is 17.2 Å². The van der Waals surface area contributed by atoms with Gasteiger partial charge in [0.2, 0.25) is 0 Å². The third-order valence-electron chi connectivity index (χ3n) is 3.53. The van der Waals surface area contributed by atoms with Crippen molar-refractivity contribution >= 4 is 44.9 Å². The Bertz CT molecular complexity index is 965. The fourth-order valence-corrected chi connectivity index (χ4v) is 2.57. The highest BCUT2D eigenvalue weighted by atomic mass is 35.5. The van der Waals surface area contributed by atoms with Gasteiger partial charge >= 0.3 is 0 Å². The van der Waals surface area contributed by atoms with Crippen LogP contribution < -0.4 is 5.32 Å². The van der Waals surface area contributed by atoms with Crippen molar-refractivity contribution < 1.29 is 0 Å². The van der Waals surface area contributed by atoms with Crippen LogP contribution in [0.4, 0.5) is 11.5 Å². The highest BCUT2D eigenvalue weighted by Gasteiger charge is 2.03. The number of aromatic nitrogens is 2. The number of anilines is 2. The van der Waals surface area contributed by atoms with Crippen molar-refractivity contribution in [3.63, 3.8) is 0 Å². The molecule has 0 amide bonds. The van der Waals surface area contributed by atoms with Gasteiger partial charge in [0.15, 0.2) is 0 Å². The third kappa shape index (κ3) is 2.47. The average Bonchev–Trinajstić information content (AvgIpc) is 2.55. The molecule has 0 saturated heterocycles. The number of hydrogen-bond acceptors (Lipinski definition) is 3.